The molecule has 88 valence electrons. The summed E-state index contributed by atoms with van der Waals surface area (Å²) in [6.07, 6.45) is 0. The Hall–Kier alpha value is -1.85. The molecule has 2 aromatic rings. The molecule has 0 amide bonds. The number of hydrogen-bond acceptors (Lipinski definition) is 4. The Kier molecular flexibility index (Phi) is 3.41. The summed E-state index contributed by atoms with van der Waals surface area (Å²) in [5, 5.41) is 0. The largest absolute Gasteiger partial charge is 0.768 e. The van der Waals surface area contributed by atoms with E-state index in [0.717, 1.165) is 0 Å². The zero-order valence-electron chi connectivity index (χ0n) is 8.83. The van der Waals surface area contributed by atoms with Crippen LogP contribution >= 0.6 is 0 Å². The van der Waals surface area contributed by atoms with Crippen LogP contribution in [-0.4, -0.2) is 8.76 Å². The van der Waals surface area contributed by atoms with Gasteiger partial charge in [0.1, 0.15) is 11.5 Å². The molecule has 5 heteroatoms. The number of benzene rings is 2. The molecule has 17 heavy (non-hydrogen) atoms. The first-order valence-corrected chi connectivity index (χ1v) is 5.96. The molecular formula is C12H10NO3S-. The molecule has 0 radical (unpaired) electrons. The fourth-order valence-electron chi connectivity index (χ4n) is 1.36. The second kappa shape index (κ2) is 4.99. The molecule has 0 saturated heterocycles. The average Bonchev–Trinajstić information content (AvgIpc) is 2.32. The van der Waals surface area contributed by atoms with E-state index in [0.29, 0.717) is 11.4 Å². The topological polar surface area (TPSA) is 75.4 Å². The van der Waals surface area contributed by atoms with E-state index in [4.69, 9.17) is 10.5 Å². The van der Waals surface area contributed by atoms with Crippen molar-refractivity contribution in [2.75, 3.05) is 5.73 Å². The summed E-state index contributed by atoms with van der Waals surface area (Å²) < 4.78 is 27.5. The molecular weight excluding hydrogens is 238 g/mol. The molecule has 2 rings (SSSR count). The van der Waals surface area contributed by atoms with Gasteiger partial charge >= 0.3 is 0 Å². The second-order valence-electron chi connectivity index (χ2n) is 3.32. The van der Waals surface area contributed by atoms with Gasteiger partial charge in [-0.05, 0) is 35.3 Å². The van der Waals surface area contributed by atoms with Crippen molar-refractivity contribution in [2.24, 2.45) is 0 Å². The van der Waals surface area contributed by atoms with E-state index < -0.39 is 11.1 Å². The third kappa shape index (κ3) is 2.64. The van der Waals surface area contributed by atoms with E-state index in [1.807, 2.05) is 0 Å². The van der Waals surface area contributed by atoms with Crippen LogP contribution < -0.4 is 10.5 Å². The van der Waals surface area contributed by atoms with Gasteiger partial charge < -0.3 is 15.0 Å². The van der Waals surface area contributed by atoms with Gasteiger partial charge in [0.25, 0.3) is 0 Å². The van der Waals surface area contributed by atoms with E-state index in [1.54, 1.807) is 42.5 Å². The Morgan fingerprint density at radius 2 is 1.59 bits per heavy atom. The third-order valence-corrected chi connectivity index (χ3v) is 2.86. The van der Waals surface area contributed by atoms with Crippen LogP contribution in [0.3, 0.4) is 0 Å². The number of anilines is 1. The molecule has 2 aromatic carbocycles. The van der Waals surface area contributed by atoms with Gasteiger partial charge in [0.15, 0.2) is 0 Å². The zero-order chi connectivity index (χ0) is 12.3. The van der Waals surface area contributed by atoms with Crippen molar-refractivity contribution in [1.29, 1.82) is 0 Å². The van der Waals surface area contributed by atoms with Crippen LogP contribution in [0.15, 0.2) is 53.4 Å². The Morgan fingerprint density at radius 3 is 2.24 bits per heavy atom. The molecule has 0 fully saturated rings. The number of hydrogen-bond donors (Lipinski definition) is 1. The van der Waals surface area contributed by atoms with Crippen LogP contribution in [0.2, 0.25) is 0 Å². The van der Waals surface area contributed by atoms with Gasteiger partial charge in [-0.1, -0.05) is 24.3 Å². The smallest absolute Gasteiger partial charge is 0.150 e. The van der Waals surface area contributed by atoms with Crippen molar-refractivity contribution < 1.29 is 13.5 Å². The van der Waals surface area contributed by atoms with Crippen molar-refractivity contribution in [3.05, 3.63) is 48.5 Å². The summed E-state index contributed by atoms with van der Waals surface area (Å²) in [5.74, 6) is 0.698. The number of ether oxygens (including phenoxy) is 1. The minimum absolute atomic E-state index is 0.107. The lowest BCUT2D eigenvalue weighted by molar-refractivity contribution is 0.465. The summed E-state index contributed by atoms with van der Waals surface area (Å²) in [6.45, 7) is 0. The fraction of sp³-hybridized carbons (Fsp3) is 0. The van der Waals surface area contributed by atoms with Crippen LogP contribution in [0.1, 0.15) is 0 Å². The maximum Gasteiger partial charge on any atom is 0.150 e. The number of nitrogens with two attached hydrogens (primary N) is 1. The van der Waals surface area contributed by atoms with Crippen LogP contribution in [0.5, 0.6) is 11.5 Å². The van der Waals surface area contributed by atoms with Crippen molar-refractivity contribution in [1.82, 2.24) is 0 Å². The summed E-state index contributed by atoms with van der Waals surface area (Å²) in [7, 11) is 0. The standard InChI is InChI=1S/C12H11NO3S/c13-9-5-1-2-6-10(9)16-11-7-3-4-8-12(11)17(14)15/h1-8H,13H2,(H,14,15)/p-1. The Labute approximate surface area is 101 Å². The minimum atomic E-state index is -2.34. The molecule has 0 bridgehead atoms. The lowest BCUT2D eigenvalue weighted by Gasteiger charge is -2.13. The summed E-state index contributed by atoms with van der Waals surface area (Å²) in [5.41, 5.74) is 6.17. The minimum Gasteiger partial charge on any atom is -0.768 e. The van der Waals surface area contributed by atoms with Gasteiger partial charge in [0.05, 0.1) is 10.6 Å². The zero-order valence-corrected chi connectivity index (χ0v) is 9.65. The van der Waals surface area contributed by atoms with Crippen molar-refractivity contribution in [3.8, 4) is 11.5 Å². The molecule has 2 N–H and O–H groups in total. The van der Waals surface area contributed by atoms with Crippen LogP contribution in [-0.2, 0) is 11.1 Å². The van der Waals surface area contributed by atoms with Gasteiger partial charge in [-0.25, -0.2) is 0 Å². The van der Waals surface area contributed by atoms with Crippen molar-refractivity contribution >= 4 is 16.8 Å². The molecule has 0 heterocycles. The van der Waals surface area contributed by atoms with Gasteiger partial charge in [-0.15, -0.1) is 0 Å². The molecule has 4 nitrogen and oxygen atoms in total. The quantitative estimate of drug-likeness (QED) is 0.668. The number of rotatable bonds is 3. The van der Waals surface area contributed by atoms with Crippen LogP contribution in [0.25, 0.3) is 0 Å². The first-order chi connectivity index (χ1) is 8.18. The van der Waals surface area contributed by atoms with E-state index in [9.17, 15) is 8.76 Å². The molecule has 1 unspecified atom stereocenters. The van der Waals surface area contributed by atoms with Gasteiger partial charge in [0.2, 0.25) is 0 Å². The lowest BCUT2D eigenvalue weighted by Crippen LogP contribution is -1.96. The normalized spacial score (nSPS) is 12.1. The lowest BCUT2D eigenvalue weighted by atomic mass is 10.3. The number of para-hydroxylation sites is 3. The SMILES string of the molecule is Nc1ccccc1Oc1ccccc1S(=O)[O-]. The van der Waals surface area contributed by atoms with Crippen LogP contribution in [0.4, 0.5) is 5.69 Å². The highest BCUT2D eigenvalue weighted by Crippen LogP contribution is 2.30. The third-order valence-electron chi connectivity index (χ3n) is 2.17. The Balaban J connectivity index is 2.37. The average molecular weight is 248 g/mol. The second-order valence-corrected chi connectivity index (χ2v) is 4.23. The Morgan fingerprint density at radius 1 is 1.00 bits per heavy atom. The van der Waals surface area contributed by atoms with Gasteiger partial charge in [-0.3, -0.25) is 4.21 Å². The summed E-state index contributed by atoms with van der Waals surface area (Å²) >= 11 is -2.34. The van der Waals surface area contributed by atoms with E-state index >= 15 is 0 Å². The monoisotopic (exact) mass is 248 g/mol. The van der Waals surface area contributed by atoms with Gasteiger partial charge in [0, 0.05) is 0 Å². The fourth-order valence-corrected chi connectivity index (χ4v) is 1.83. The predicted molar refractivity (Wildman–Crippen MR) is 64.6 cm³/mol. The first-order valence-electron chi connectivity index (χ1n) is 4.89. The first kappa shape index (κ1) is 11.6. The highest BCUT2D eigenvalue weighted by Gasteiger charge is 2.06. The van der Waals surface area contributed by atoms with E-state index in [2.05, 4.69) is 0 Å². The molecule has 0 aliphatic heterocycles. The molecule has 0 spiro atoms. The summed E-state index contributed by atoms with van der Waals surface area (Å²) in [4.78, 5) is 0.107. The molecule has 0 aliphatic carbocycles. The van der Waals surface area contributed by atoms with Crippen LogP contribution in [0, 0.1) is 0 Å². The molecule has 0 aliphatic rings. The highest BCUT2D eigenvalue weighted by molar-refractivity contribution is 7.79. The molecule has 0 aromatic heterocycles. The maximum atomic E-state index is 11.0. The number of nitrogen functional groups attached to an aromatic ring is 1. The van der Waals surface area contributed by atoms with E-state index in [1.165, 1.54) is 6.07 Å². The van der Waals surface area contributed by atoms with E-state index in [-0.39, 0.29) is 10.6 Å². The highest BCUT2D eigenvalue weighted by atomic mass is 32.2. The maximum absolute atomic E-state index is 11.0. The van der Waals surface area contributed by atoms with Gasteiger partial charge in [-0.2, -0.15) is 0 Å². The van der Waals surface area contributed by atoms with Crippen molar-refractivity contribution in [2.45, 2.75) is 4.90 Å². The summed E-state index contributed by atoms with van der Waals surface area (Å²) in [6, 6.07) is 13.3. The molecule has 1 atom stereocenters. The predicted octanol–water partition coefficient (Wildman–Crippen LogP) is 2.30. The Bertz CT molecular complexity index is 557. The van der Waals surface area contributed by atoms with Crippen molar-refractivity contribution in [3.63, 3.8) is 0 Å². The molecule has 0 saturated carbocycles.